The van der Waals surface area contributed by atoms with Crippen LogP contribution in [-0.4, -0.2) is 35.9 Å². The standard InChI is InChI=1S/C15H24F2N2O/c16-15(17)4-1-8-19(9-7-15)13(20)12-10-14(12)5-2-11(18)3-6-14/h11-12H,1-10,18H2. The smallest absolute Gasteiger partial charge is 0.249 e. The lowest BCUT2D eigenvalue weighted by Crippen LogP contribution is -2.36. The second-order valence-electron chi connectivity index (χ2n) is 6.99. The average Bonchev–Trinajstić information content (AvgIpc) is 3.13. The molecule has 5 heteroatoms. The van der Waals surface area contributed by atoms with Crippen LogP contribution in [0.25, 0.3) is 0 Å². The molecule has 1 atom stereocenters. The minimum Gasteiger partial charge on any atom is -0.342 e. The number of nitrogens with zero attached hydrogens (tertiary/aromatic N) is 1. The molecule has 0 aromatic rings. The van der Waals surface area contributed by atoms with Crippen molar-refractivity contribution in [3.8, 4) is 0 Å². The van der Waals surface area contributed by atoms with Gasteiger partial charge < -0.3 is 10.6 Å². The fraction of sp³-hybridized carbons (Fsp3) is 0.933. The van der Waals surface area contributed by atoms with E-state index in [-0.39, 0.29) is 42.7 Å². The molecular formula is C15H24F2N2O. The fourth-order valence-electron chi connectivity index (χ4n) is 3.97. The van der Waals surface area contributed by atoms with Gasteiger partial charge in [0.05, 0.1) is 0 Å². The highest BCUT2D eigenvalue weighted by atomic mass is 19.3. The van der Waals surface area contributed by atoms with E-state index in [1.165, 1.54) is 0 Å². The van der Waals surface area contributed by atoms with Gasteiger partial charge in [-0.3, -0.25) is 4.79 Å². The Kier molecular flexibility index (Phi) is 3.51. The van der Waals surface area contributed by atoms with Gasteiger partial charge in [0.2, 0.25) is 11.8 Å². The van der Waals surface area contributed by atoms with E-state index in [1.807, 2.05) is 0 Å². The lowest BCUT2D eigenvalue weighted by molar-refractivity contribution is -0.133. The predicted molar refractivity (Wildman–Crippen MR) is 72.4 cm³/mol. The summed E-state index contributed by atoms with van der Waals surface area (Å²) in [7, 11) is 0. The molecule has 20 heavy (non-hydrogen) atoms. The van der Waals surface area contributed by atoms with Crippen LogP contribution >= 0.6 is 0 Å². The summed E-state index contributed by atoms with van der Waals surface area (Å²) in [5.74, 6) is -2.38. The van der Waals surface area contributed by atoms with Crippen molar-refractivity contribution >= 4 is 5.91 Å². The van der Waals surface area contributed by atoms with Crippen molar-refractivity contribution < 1.29 is 13.6 Å². The Morgan fingerprint density at radius 3 is 2.50 bits per heavy atom. The van der Waals surface area contributed by atoms with Crippen LogP contribution in [0.1, 0.15) is 51.4 Å². The molecule has 1 heterocycles. The Labute approximate surface area is 118 Å². The highest BCUT2D eigenvalue weighted by Gasteiger charge is 2.59. The van der Waals surface area contributed by atoms with Crippen LogP contribution in [0.4, 0.5) is 8.78 Å². The molecule has 3 fully saturated rings. The topological polar surface area (TPSA) is 46.3 Å². The van der Waals surface area contributed by atoms with Crippen LogP contribution in [0.5, 0.6) is 0 Å². The van der Waals surface area contributed by atoms with Gasteiger partial charge in [-0.25, -0.2) is 8.78 Å². The summed E-state index contributed by atoms with van der Waals surface area (Å²) in [6.45, 7) is 0.721. The second kappa shape index (κ2) is 4.93. The first-order valence-electron chi connectivity index (χ1n) is 7.84. The molecule has 1 amide bonds. The molecule has 3 rings (SSSR count). The van der Waals surface area contributed by atoms with Gasteiger partial charge in [0.25, 0.3) is 0 Å². The van der Waals surface area contributed by atoms with E-state index in [0.29, 0.717) is 13.0 Å². The van der Waals surface area contributed by atoms with Crippen molar-refractivity contribution in [3.63, 3.8) is 0 Å². The molecule has 1 unspecified atom stereocenters. The SMILES string of the molecule is NC1CCC2(CC1)CC2C(=O)N1CCCC(F)(F)CC1. The zero-order valence-electron chi connectivity index (χ0n) is 11.9. The zero-order valence-corrected chi connectivity index (χ0v) is 11.9. The van der Waals surface area contributed by atoms with Gasteiger partial charge in [0.15, 0.2) is 0 Å². The van der Waals surface area contributed by atoms with Gasteiger partial charge in [-0.2, -0.15) is 0 Å². The maximum atomic E-state index is 13.4. The molecule has 2 saturated carbocycles. The fourth-order valence-corrected chi connectivity index (χ4v) is 3.97. The van der Waals surface area contributed by atoms with Gasteiger partial charge >= 0.3 is 0 Å². The normalized spacial score (nSPS) is 40.5. The van der Waals surface area contributed by atoms with Gasteiger partial charge in [0.1, 0.15) is 0 Å². The summed E-state index contributed by atoms with van der Waals surface area (Å²) < 4.78 is 26.7. The van der Waals surface area contributed by atoms with E-state index in [9.17, 15) is 13.6 Å². The van der Waals surface area contributed by atoms with E-state index in [0.717, 1.165) is 32.1 Å². The highest BCUT2D eigenvalue weighted by Crippen LogP contribution is 2.61. The van der Waals surface area contributed by atoms with Crippen LogP contribution in [-0.2, 0) is 4.79 Å². The van der Waals surface area contributed by atoms with Crippen molar-refractivity contribution in [2.45, 2.75) is 63.3 Å². The molecule has 0 aromatic heterocycles. The number of hydrogen-bond acceptors (Lipinski definition) is 2. The number of hydrogen-bond donors (Lipinski definition) is 1. The van der Waals surface area contributed by atoms with E-state index in [1.54, 1.807) is 4.90 Å². The number of halogens is 2. The third kappa shape index (κ3) is 2.69. The molecular weight excluding hydrogens is 262 g/mol. The monoisotopic (exact) mass is 286 g/mol. The van der Waals surface area contributed by atoms with Gasteiger partial charge in [0, 0.05) is 37.9 Å². The van der Waals surface area contributed by atoms with E-state index in [4.69, 9.17) is 5.73 Å². The second-order valence-corrected chi connectivity index (χ2v) is 6.99. The zero-order chi connectivity index (χ0) is 14.4. The van der Waals surface area contributed by atoms with Crippen LogP contribution in [0.3, 0.4) is 0 Å². The first kappa shape index (κ1) is 14.2. The lowest BCUT2D eigenvalue weighted by atomic mass is 9.82. The Balaban J connectivity index is 1.58. The van der Waals surface area contributed by atoms with E-state index in [2.05, 4.69) is 0 Å². The summed E-state index contributed by atoms with van der Waals surface area (Å²) in [6.07, 6.45) is 5.19. The van der Waals surface area contributed by atoms with E-state index >= 15 is 0 Å². The maximum absolute atomic E-state index is 13.4. The molecule has 2 aliphatic carbocycles. The minimum atomic E-state index is -2.59. The number of amides is 1. The van der Waals surface area contributed by atoms with E-state index < -0.39 is 5.92 Å². The number of carbonyl (C=O) groups is 1. The first-order chi connectivity index (χ1) is 9.42. The van der Waals surface area contributed by atoms with Crippen molar-refractivity contribution in [1.82, 2.24) is 4.90 Å². The number of nitrogens with two attached hydrogens (primary N) is 1. The maximum Gasteiger partial charge on any atom is 0.249 e. The number of carbonyl (C=O) groups excluding carboxylic acids is 1. The number of likely N-dealkylation sites (tertiary alicyclic amines) is 1. The summed E-state index contributed by atoms with van der Waals surface area (Å²) in [6, 6.07) is 0.286. The molecule has 0 aromatic carbocycles. The summed E-state index contributed by atoms with van der Waals surface area (Å²) in [4.78, 5) is 14.2. The first-order valence-corrected chi connectivity index (χ1v) is 7.84. The molecule has 0 radical (unpaired) electrons. The summed E-state index contributed by atoms with van der Waals surface area (Å²) in [5, 5.41) is 0. The minimum absolute atomic E-state index is 0.0819. The highest BCUT2D eigenvalue weighted by molar-refractivity contribution is 5.82. The molecule has 3 aliphatic rings. The molecule has 2 N–H and O–H groups in total. The molecule has 1 spiro atoms. The van der Waals surface area contributed by atoms with Crippen LogP contribution < -0.4 is 5.73 Å². The van der Waals surface area contributed by atoms with Gasteiger partial charge in [-0.05, 0) is 43.9 Å². The Hall–Kier alpha value is -0.710. The molecule has 3 nitrogen and oxygen atoms in total. The summed E-state index contributed by atoms with van der Waals surface area (Å²) in [5.41, 5.74) is 6.09. The van der Waals surface area contributed by atoms with Gasteiger partial charge in [-0.15, -0.1) is 0 Å². The van der Waals surface area contributed by atoms with Crippen LogP contribution in [0.2, 0.25) is 0 Å². The quantitative estimate of drug-likeness (QED) is 0.805. The van der Waals surface area contributed by atoms with Crippen molar-refractivity contribution in [2.75, 3.05) is 13.1 Å². The average molecular weight is 286 g/mol. The summed E-state index contributed by atoms with van der Waals surface area (Å²) >= 11 is 0. The number of rotatable bonds is 1. The Morgan fingerprint density at radius 1 is 1.10 bits per heavy atom. The third-order valence-corrected chi connectivity index (χ3v) is 5.54. The molecule has 1 aliphatic heterocycles. The number of alkyl halides is 2. The lowest BCUT2D eigenvalue weighted by Gasteiger charge is -2.28. The third-order valence-electron chi connectivity index (χ3n) is 5.54. The van der Waals surface area contributed by atoms with Crippen molar-refractivity contribution in [2.24, 2.45) is 17.1 Å². The largest absolute Gasteiger partial charge is 0.342 e. The Morgan fingerprint density at radius 2 is 1.80 bits per heavy atom. The van der Waals surface area contributed by atoms with Gasteiger partial charge in [-0.1, -0.05) is 0 Å². The molecule has 114 valence electrons. The predicted octanol–water partition coefficient (Wildman–Crippen LogP) is 2.54. The van der Waals surface area contributed by atoms with Crippen molar-refractivity contribution in [1.29, 1.82) is 0 Å². The molecule has 1 saturated heterocycles. The Bertz CT molecular complexity index is 391. The van der Waals surface area contributed by atoms with Crippen LogP contribution in [0.15, 0.2) is 0 Å². The van der Waals surface area contributed by atoms with Crippen LogP contribution in [0, 0.1) is 11.3 Å². The molecule has 0 bridgehead atoms. The van der Waals surface area contributed by atoms with Crippen molar-refractivity contribution in [3.05, 3.63) is 0 Å².